The number of thiophene rings is 1. The van der Waals surface area contributed by atoms with Crippen molar-refractivity contribution in [2.75, 3.05) is 6.54 Å². The van der Waals surface area contributed by atoms with E-state index < -0.39 is 0 Å². The summed E-state index contributed by atoms with van der Waals surface area (Å²) in [5.74, 6) is 2.61. The third kappa shape index (κ3) is 4.02. The molecular weight excluding hydrogens is 282 g/mol. The van der Waals surface area contributed by atoms with Crippen molar-refractivity contribution in [2.45, 2.75) is 19.4 Å². The minimum atomic E-state index is 0.811. The quantitative estimate of drug-likeness (QED) is 0.645. The largest absolute Gasteiger partial charge is 0.312 e. The Balaban J connectivity index is 2.22. The van der Waals surface area contributed by atoms with Crippen molar-refractivity contribution < 1.29 is 0 Å². The van der Waals surface area contributed by atoms with Crippen molar-refractivity contribution in [1.82, 2.24) is 5.32 Å². The lowest BCUT2D eigenvalue weighted by atomic mass is 10.3. The number of hydrogen-bond acceptors (Lipinski definition) is 2. The molecular formula is C10H11BrClNS. The van der Waals surface area contributed by atoms with Crippen LogP contribution in [0.1, 0.15) is 17.7 Å². The SMILES string of the molecule is C#CCCCNCc1cc(Br)c(Cl)s1. The lowest BCUT2D eigenvalue weighted by Crippen LogP contribution is -2.13. The van der Waals surface area contributed by atoms with Crippen molar-refractivity contribution in [1.29, 1.82) is 0 Å². The van der Waals surface area contributed by atoms with Crippen LogP contribution in [0.15, 0.2) is 10.5 Å². The highest BCUT2D eigenvalue weighted by molar-refractivity contribution is 9.10. The van der Waals surface area contributed by atoms with Gasteiger partial charge in [0.15, 0.2) is 0 Å². The Kier molecular flexibility index (Phi) is 5.57. The number of nitrogens with one attached hydrogen (secondary N) is 1. The van der Waals surface area contributed by atoms with Crippen LogP contribution in [0.25, 0.3) is 0 Å². The summed E-state index contributed by atoms with van der Waals surface area (Å²) in [4.78, 5) is 1.24. The number of hydrogen-bond donors (Lipinski definition) is 1. The van der Waals surface area contributed by atoms with Crippen molar-refractivity contribution in [3.63, 3.8) is 0 Å². The summed E-state index contributed by atoms with van der Waals surface area (Å²) in [7, 11) is 0. The number of unbranched alkanes of at least 4 members (excludes halogenated alkanes) is 1. The first kappa shape index (κ1) is 12.1. The van der Waals surface area contributed by atoms with Gasteiger partial charge in [0.25, 0.3) is 0 Å². The van der Waals surface area contributed by atoms with Crippen LogP contribution in [0.5, 0.6) is 0 Å². The predicted octanol–water partition coefficient (Wildman–Crippen LogP) is 3.67. The van der Waals surface area contributed by atoms with Gasteiger partial charge in [0.05, 0.1) is 0 Å². The minimum absolute atomic E-state index is 0.811. The molecule has 0 aromatic carbocycles. The third-order valence-corrected chi connectivity index (χ3v) is 4.14. The molecule has 0 spiro atoms. The van der Waals surface area contributed by atoms with E-state index in [2.05, 4.69) is 27.2 Å². The zero-order valence-electron chi connectivity index (χ0n) is 7.65. The van der Waals surface area contributed by atoms with E-state index in [1.165, 1.54) is 4.88 Å². The fourth-order valence-corrected chi connectivity index (χ4v) is 2.77. The normalized spacial score (nSPS) is 10.1. The molecule has 0 saturated carbocycles. The second kappa shape index (κ2) is 6.47. The number of rotatable bonds is 5. The maximum Gasteiger partial charge on any atom is 0.107 e. The first-order chi connectivity index (χ1) is 6.74. The third-order valence-electron chi connectivity index (χ3n) is 1.67. The Morgan fingerprint density at radius 3 is 3.00 bits per heavy atom. The van der Waals surface area contributed by atoms with Gasteiger partial charge in [-0.15, -0.1) is 23.7 Å². The van der Waals surface area contributed by atoms with Gasteiger partial charge in [0, 0.05) is 22.3 Å². The topological polar surface area (TPSA) is 12.0 Å². The van der Waals surface area contributed by atoms with Gasteiger partial charge < -0.3 is 5.32 Å². The van der Waals surface area contributed by atoms with E-state index in [4.69, 9.17) is 18.0 Å². The van der Waals surface area contributed by atoms with Crippen LogP contribution >= 0.6 is 38.9 Å². The van der Waals surface area contributed by atoms with Crippen molar-refractivity contribution in [3.05, 3.63) is 19.8 Å². The monoisotopic (exact) mass is 291 g/mol. The second-order valence-corrected chi connectivity index (χ2v) is 5.41. The van der Waals surface area contributed by atoms with E-state index in [1.807, 2.05) is 6.07 Å². The van der Waals surface area contributed by atoms with Gasteiger partial charge >= 0.3 is 0 Å². The van der Waals surface area contributed by atoms with E-state index >= 15 is 0 Å². The van der Waals surface area contributed by atoms with E-state index in [0.29, 0.717) is 0 Å². The summed E-state index contributed by atoms with van der Waals surface area (Å²) in [5, 5.41) is 3.31. The fraction of sp³-hybridized carbons (Fsp3) is 0.400. The fourth-order valence-electron chi connectivity index (χ4n) is 1.01. The van der Waals surface area contributed by atoms with Crippen molar-refractivity contribution >= 4 is 38.9 Å². The number of halogens is 2. The van der Waals surface area contributed by atoms with E-state index in [-0.39, 0.29) is 0 Å². The molecule has 0 amide bonds. The Morgan fingerprint density at radius 1 is 1.64 bits per heavy atom. The van der Waals surface area contributed by atoms with Crippen LogP contribution in [0.4, 0.5) is 0 Å². The summed E-state index contributed by atoms with van der Waals surface area (Å²) in [6, 6.07) is 2.04. The van der Waals surface area contributed by atoms with Crippen LogP contribution < -0.4 is 5.32 Å². The standard InChI is InChI=1S/C10H11BrClNS/c1-2-3-4-5-13-7-8-6-9(11)10(12)14-8/h1,6,13H,3-5,7H2. The summed E-state index contributed by atoms with van der Waals surface area (Å²) in [6.45, 7) is 1.82. The molecule has 0 bridgehead atoms. The van der Waals surface area contributed by atoms with Crippen LogP contribution in [-0.4, -0.2) is 6.54 Å². The molecule has 0 aliphatic carbocycles. The molecule has 0 fully saturated rings. The predicted molar refractivity (Wildman–Crippen MR) is 66.8 cm³/mol. The second-order valence-electron chi connectivity index (χ2n) is 2.82. The van der Waals surface area contributed by atoms with E-state index in [0.717, 1.165) is 34.7 Å². The molecule has 1 aromatic rings. The smallest absolute Gasteiger partial charge is 0.107 e. The molecule has 1 nitrogen and oxygen atoms in total. The Morgan fingerprint density at radius 2 is 2.43 bits per heavy atom. The highest BCUT2D eigenvalue weighted by Gasteiger charge is 2.03. The molecule has 1 N–H and O–H groups in total. The van der Waals surface area contributed by atoms with Gasteiger partial charge in [-0.25, -0.2) is 0 Å². The van der Waals surface area contributed by atoms with Crippen LogP contribution in [0, 0.1) is 12.3 Å². The van der Waals surface area contributed by atoms with Crippen LogP contribution in [-0.2, 0) is 6.54 Å². The number of terminal acetylenes is 1. The van der Waals surface area contributed by atoms with Crippen molar-refractivity contribution in [2.24, 2.45) is 0 Å². The van der Waals surface area contributed by atoms with Crippen LogP contribution in [0.3, 0.4) is 0 Å². The van der Waals surface area contributed by atoms with Gasteiger partial charge in [-0.05, 0) is 35.0 Å². The van der Waals surface area contributed by atoms with Crippen molar-refractivity contribution in [3.8, 4) is 12.3 Å². The molecule has 1 aromatic heterocycles. The molecule has 0 atom stereocenters. The molecule has 1 heterocycles. The first-order valence-electron chi connectivity index (χ1n) is 4.32. The van der Waals surface area contributed by atoms with Gasteiger partial charge in [-0.3, -0.25) is 0 Å². The maximum absolute atomic E-state index is 5.91. The molecule has 1 rings (SSSR count). The Hall–Kier alpha value is -0.0100. The average Bonchev–Trinajstić information content (AvgIpc) is 2.46. The summed E-state index contributed by atoms with van der Waals surface area (Å²) in [5.41, 5.74) is 0. The average molecular weight is 293 g/mol. The lowest BCUT2D eigenvalue weighted by Gasteiger charge is -1.99. The molecule has 4 heteroatoms. The highest BCUT2D eigenvalue weighted by atomic mass is 79.9. The van der Waals surface area contributed by atoms with Gasteiger partial charge in [-0.2, -0.15) is 0 Å². The van der Waals surface area contributed by atoms with Gasteiger partial charge in [0.2, 0.25) is 0 Å². The molecule has 0 radical (unpaired) electrons. The molecule has 14 heavy (non-hydrogen) atoms. The zero-order valence-corrected chi connectivity index (χ0v) is 10.8. The van der Waals surface area contributed by atoms with E-state index in [9.17, 15) is 0 Å². The minimum Gasteiger partial charge on any atom is -0.312 e. The van der Waals surface area contributed by atoms with Gasteiger partial charge in [0.1, 0.15) is 4.34 Å². The van der Waals surface area contributed by atoms with Gasteiger partial charge in [-0.1, -0.05) is 11.6 Å². The molecule has 0 aliphatic rings. The lowest BCUT2D eigenvalue weighted by molar-refractivity contribution is 0.664. The Bertz CT molecular complexity index is 310. The zero-order chi connectivity index (χ0) is 10.4. The summed E-state index contributed by atoms with van der Waals surface area (Å²) in [6.07, 6.45) is 7.01. The molecule has 0 unspecified atom stereocenters. The molecule has 0 saturated heterocycles. The first-order valence-corrected chi connectivity index (χ1v) is 6.30. The maximum atomic E-state index is 5.91. The highest BCUT2D eigenvalue weighted by Crippen LogP contribution is 2.31. The summed E-state index contributed by atoms with van der Waals surface area (Å²) < 4.78 is 1.79. The van der Waals surface area contributed by atoms with E-state index in [1.54, 1.807) is 11.3 Å². The summed E-state index contributed by atoms with van der Waals surface area (Å²) >= 11 is 10.9. The Labute approximate surface area is 102 Å². The molecule has 76 valence electrons. The van der Waals surface area contributed by atoms with Crippen LogP contribution in [0.2, 0.25) is 4.34 Å². The molecule has 0 aliphatic heterocycles.